The third-order valence-corrected chi connectivity index (χ3v) is 5.42. The van der Waals surface area contributed by atoms with E-state index >= 15 is 0 Å². The first-order valence-corrected chi connectivity index (χ1v) is 9.55. The third kappa shape index (κ3) is 3.24. The number of aromatic nitrogens is 6. The van der Waals surface area contributed by atoms with Crippen LogP contribution in [0.25, 0.3) is 11.4 Å². The van der Waals surface area contributed by atoms with Crippen LogP contribution >= 0.6 is 11.8 Å². The van der Waals surface area contributed by atoms with Crippen LogP contribution in [0.15, 0.2) is 64.5 Å². The van der Waals surface area contributed by atoms with E-state index in [9.17, 15) is 9.18 Å². The molecule has 0 aliphatic carbocycles. The van der Waals surface area contributed by atoms with Crippen LogP contribution in [0.1, 0.15) is 11.3 Å². The molecule has 4 aromatic rings. The summed E-state index contributed by atoms with van der Waals surface area (Å²) < 4.78 is 18.2. The molecule has 0 unspecified atom stereocenters. The second kappa shape index (κ2) is 7.43. The van der Waals surface area contributed by atoms with Crippen molar-refractivity contribution in [3.05, 3.63) is 82.0 Å². The van der Waals surface area contributed by atoms with Crippen LogP contribution in [0.2, 0.25) is 0 Å². The molecule has 0 radical (unpaired) electrons. The topological polar surface area (TPSA) is 70.5 Å². The largest absolute Gasteiger partial charge is 0.297 e. The highest BCUT2D eigenvalue weighted by atomic mass is 32.2. The van der Waals surface area contributed by atoms with Crippen molar-refractivity contribution in [2.45, 2.75) is 17.8 Å². The molecule has 0 N–H and O–H groups in total. The Hall–Kier alpha value is -3.20. The van der Waals surface area contributed by atoms with Crippen molar-refractivity contribution in [2.24, 2.45) is 7.05 Å². The Morgan fingerprint density at radius 3 is 2.64 bits per heavy atom. The first-order valence-electron chi connectivity index (χ1n) is 8.56. The van der Waals surface area contributed by atoms with Gasteiger partial charge in [0.15, 0.2) is 5.69 Å². The minimum absolute atomic E-state index is 0.217. The Kier molecular flexibility index (Phi) is 4.82. The minimum Gasteiger partial charge on any atom is -0.283 e. The van der Waals surface area contributed by atoms with Gasteiger partial charge in [-0.3, -0.25) is 9.48 Å². The molecule has 142 valence electrons. The van der Waals surface area contributed by atoms with Gasteiger partial charge in [0.2, 0.25) is 5.16 Å². The van der Waals surface area contributed by atoms with E-state index in [4.69, 9.17) is 0 Å². The number of hydrogen-bond acceptors (Lipinski definition) is 5. The summed E-state index contributed by atoms with van der Waals surface area (Å²) in [6.45, 7) is 1.85. The molecule has 2 aromatic carbocycles. The fourth-order valence-corrected chi connectivity index (χ4v) is 3.80. The Morgan fingerprint density at radius 1 is 1.11 bits per heavy atom. The third-order valence-electron chi connectivity index (χ3n) is 4.43. The predicted molar refractivity (Wildman–Crippen MR) is 104 cm³/mol. The first kappa shape index (κ1) is 18.2. The Morgan fingerprint density at radius 2 is 1.89 bits per heavy atom. The molecule has 0 saturated heterocycles. The van der Waals surface area contributed by atoms with Crippen molar-refractivity contribution >= 4 is 11.8 Å². The summed E-state index contributed by atoms with van der Waals surface area (Å²) >= 11 is 1.34. The fourth-order valence-electron chi connectivity index (χ4n) is 2.98. The number of nitrogens with zero attached hydrogens (tertiary/aromatic N) is 6. The van der Waals surface area contributed by atoms with Crippen LogP contribution in [0, 0.1) is 12.7 Å². The maximum Gasteiger partial charge on any atom is 0.297 e. The lowest BCUT2D eigenvalue weighted by Gasteiger charge is -2.07. The van der Waals surface area contributed by atoms with E-state index in [1.165, 1.54) is 28.6 Å². The SMILES string of the molecule is Cc1c(-n2nnnc2SCc2cccc(F)c2)c(=O)n(-c2ccccc2)n1C. The molecule has 0 fully saturated rings. The van der Waals surface area contributed by atoms with Gasteiger partial charge in [0, 0.05) is 12.8 Å². The number of benzene rings is 2. The van der Waals surface area contributed by atoms with Crippen LogP contribution in [0.5, 0.6) is 0 Å². The van der Waals surface area contributed by atoms with Gasteiger partial charge in [-0.15, -0.1) is 5.10 Å². The number of hydrogen-bond donors (Lipinski definition) is 0. The van der Waals surface area contributed by atoms with Crippen LogP contribution < -0.4 is 5.56 Å². The maximum atomic E-state index is 13.4. The molecule has 0 saturated carbocycles. The van der Waals surface area contributed by atoms with Crippen molar-refractivity contribution in [1.82, 2.24) is 29.6 Å². The van der Waals surface area contributed by atoms with Gasteiger partial charge in [0.05, 0.1) is 11.4 Å². The number of halogens is 1. The van der Waals surface area contributed by atoms with Crippen molar-refractivity contribution in [3.63, 3.8) is 0 Å². The van der Waals surface area contributed by atoms with Crippen molar-refractivity contribution in [1.29, 1.82) is 0 Å². The average molecular weight is 396 g/mol. The molecule has 9 heteroatoms. The lowest BCUT2D eigenvalue weighted by atomic mass is 10.2. The maximum absolute atomic E-state index is 13.4. The van der Waals surface area contributed by atoms with E-state index in [2.05, 4.69) is 15.5 Å². The quantitative estimate of drug-likeness (QED) is 0.485. The number of para-hydroxylation sites is 1. The second-order valence-corrected chi connectivity index (χ2v) is 7.14. The van der Waals surface area contributed by atoms with Gasteiger partial charge >= 0.3 is 0 Å². The highest BCUT2D eigenvalue weighted by Gasteiger charge is 2.21. The zero-order valence-corrected chi connectivity index (χ0v) is 16.1. The molecule has 7 nitrogen and oxygen atoms in total. The van der Waals surface area contributed by atoms with Gasteiger partial charge in [-0.2, -0.15) is 4.68 Å². The molecule has 2 aromatic heterocycles. The van der Waals surface area contributed by atoms with Crippen LogP contribution in [-0.4, -0.2) is 29.6 Å². The summed E-state index contributed by atoms with van der Waals surface area (Å²) in [5, 5.41) is 12.3. The highest BCUT2D eigenvalue weighted by molar-refractivity contribution is 7.98. The van der Waals surface area contributed by atoms with Gasteiger partial charge in [-0.25, -0.2) is 9.07 Å². The van der Waals surface area contributed by atoms with E-state index in [1.807, 2.05) is 50.4 Å². The zero-order chi connectivity index (χ0) is 19.7. The molecule has 0 bridgehead atoms. The monoisotopic (exact) mass is 396 g/mol. The molecule has 0 aliphatic rings. The summed E-state index contributed by atoms with van der Waals surface area (Å²) in [6.07, 6.45) is 0. The molecule has 4 rings (SSSR count). The zero-order valence-electron chi connectivity index (χ0n) is 15.3. The summed E-state index contributed by atoms with van der Waals surface area (Å²) in [4.78, 5) is 13.1. The Bertz CT molecular complexity index is 1180. The summed E-state index contributed by atoms with van der Waals surface area (Å²) in [5.74, 6) is 0.194. The molecule has 0 spiro atoms. The smallest absolute Gasteiger partial charge is 0.283 e. The fraction of sp³-hybridized carbons (Fsp3) is 0.158. The summed E-state index contributed by atoms with van der Waals surface area (Å²) in [5.41, 5.74) is 2.47. The summed E-state index contributed by atoms with van der Waals surface area (Å²) in [6, 6.07) is 15.7. The molecule has 0 aliphatic heterocycles. The van der Waals surface area contributed by atoms with E-state index in [-0.39, 0.29) is 11.4 Å². The number of tetrazole rings is 1. The lowest BCUT2D eigenvalue weighted by Crippen LogP contribution is -2.22. The molecular weight excluding hydrogens is 379 g/mol. The van der Waals surface area contributed by atoms with Gasteiger partial charge in [-0.1, -0.05) is 42.1 Å². The van der Waals surface area contributed by atoms with E-state index in [0.29, 0.717) is 16.6 Å². The Labute approximate surface area is 164 Å². The average Bonchev–Trinajstić information content (AvgIpc) is 3.23. The van der Waals surface area contributed by atoms with Gasteiger partial charge in [0.25, 0.3) is 5.56 Å². The number of thioether (sulfide) groups is 1. The summed E-state index contributed by atoms with van der Waals surface area (Å²) in [7, 11) is 1.82. The second-order valence-electron chi connectivity index (χ2n) is 6.20. The molecule has 28 heavy (non-hydrogen) atoms. The first-order chi connectivity index (χ1) is 13.6. The van der Waals surface area contributed by atoms with E-state index in [1.54, 1.807) is 15.4 Å². The van der Waals surface area contributed by atoms with Gasteiger partial charge in [-0.05, 0) is 47.2 Å². The van der Waals surface area contributed by atoms with Crippen LogP contribution in [0.3, 0.4) is 0 Å². The van der Waals surface area contributed by atoms with Crippen molar-refractivity contribution in [2.75, 3.05) is 0 Å². The minimum atomic E-state index is -0.289. The molecule has 2 heterocycles. The molecule has 0 amide bonds. The standard InChI is InChI=1S/C19H17FN6OS/c1-13-17(18(27)26(24(13)2)16-9-4-3-5-10-16)25-19(21-22-23-25)28-12-14-7-6-8-15(20)11-14/h3-11H,12H2,1-2H3. The Balaban J connectivity index is 1.72. The van der Waals surface area contributed by atoms with E-state index in [0.717, 1.165) is 16.9 Å². The lowest BCUT2D eigenvalue weighted by molar-refractivity contribution is 0.626. The van der Waals surface area contributed by atoms with Gasteiger partial charge < -0.3 is 0 Å². The number of rotatable bonds is 5. The predicted octanol–water partition coefficient (Wildman–Crippen LogP) is 2.89. The highest BCUT2D eigenvalue weighted by Crippen LogP contribution is 2.23. The normalized spacial score (nSPS) is 11.1. The van der Waals surface area contributed by atoms with Crippen molar-refractivity contribution < 1.29 is 4.39 Å². The van der Waals surface area contributed by atoms with Crippen LogP contribution in [0.4, 0.5) is 4.39 Å². The molecular formula is C19H17FN6OS. The van der Waals surface area contributed by atoms with Gasteiger partial charge in [0.1, 0.15) is 5.82 Å². The van der Waals surface area contributed by atoms with Crippen molar-refractivity contribution in [3.8, 4) is 11.4 Å². The van der Waals surface area contributed by atoms with Crippen LogP contribution in [-0.2, 0) is 12.8 Å². The molecule has 0 atom stereocenters. The van der Waals surface area contributed by atoms with E-state index < -0.39 is 0 Å².